The van der Waals surface area contributed by atoms with Crippen LogP contribution in [0.5, 0.6) is 0 Å². The maximum absolute atomic E-state index is 12.4. The summed E-state index contributed by atoms with van der Waals surface area (Å²) >= 11 is 6.02. The molecule has 1 saturated heterocycles. The molecule has 0 radical (unpaired) electrons. The zero-order valence-corrected chi connectivity index (χ0v) is 16.1. The monoisotopic (exact) mass is 391 g/mol. The van der Waals surface area contributed by atoms with E-state index < -0.39 is 0 Å². The van der Waals surface area contributed by atoms with Gasteiger partial charge in [0.25, 0.3) is 6.01 Å². The lowest BCUT2D eigenvalue weighted by atomic mass is 9.91. The maximum Gasteiger partial charge on any atom is 0.298 e. The second-order valence-corrected chi connectivity index (χ2v) is 8.28. The molecule has 2 heterocycles. The van der Waals surface area contributed by atoms with Crippen LogP contribution in [-0.4, -0.2) is 41.2 Å². The first-order chi connectivity index (χ1) is 13.1. The molecule has 1 unspecified atom stereocenters. The van der Waals surface area contributed by atoms with Crippen LogP contribution in [0.2, 0.25) is 5.02 Å². The molecule has 7 heteroatoms. The van der Waals surface area contributed by atoms with Crippen LogP contribution in [0.3, 0.4) is 0 Å². The van der Waals surface area contributed by atoms with Crippen LogP contribution in [0.1, 0.15) is 44.9 Å². The van der Waals surface area contributed by atoms with Crippen molar-refractivity contribution in [2.75, 3.05) is 18.0 Å². The lowest BCUT2D eigenvalue weighted by Crippen LogP contribution is -2.42. The van der Waals surface area contributed by atoms with Gasteiger partial charge in [0.15, 0.2) is 5.58 Å². The van der Waals surface area contributed by atoms with Crippen molar-refractivity contribution in [2.45, 2.75) is 57.1 Å². The van der Waals surface area contributed by atoms with E-state index in [-0.39, 0.29) is 18.1 Å². The van der Waals surface area contributed by atoms with Gasteiger partial charge in [0.1, 0.15) is 5.52 Å². The van der Waals surface area contributed by atoms with Gasteiger partial charge < -0.3 is 19.7 Å². The number of benzene rings is 1. The van der Waals surface area contributed by atoms with Gasteiger partial charge in [0.2, 0.25) is 5.91 Å². The number of amides is 1. The van der Waals surface area contributed by atoms with Crippen molar-refractivity contribution in [3.05, 3.63) is 23.2 Å². The smallest absolute Gasteiger partial charge is 0.298 e. The van der Waals surface area contributed by atoms with Crippen LogP contribution in [0.15, 0.2) is 22.6 Å². The molecular weight excluding hydrogens is 366 g/mol. The molecular formula is C20H26ClN3O3. The standard InChI is InChI=1S/C20H26ClN3O3/c21-14-3-8-17-18(11-14)27-20(23-17)24-9-1-2-13(12-24)10-19(26)22-15-4-6-16(25)7-5-15/h3,8,11,13,15-16,25H,1-2,4-7,9-10,12H2,(H,22,26). The maximum atomic E-state index is 12.4. The molecule has 1 aromatic carbocycles. The Morgan fingerprint density at radius 2 is 2.11 bits per heavy atom. The van der Waals surface area contributed by atoms with Crippen molar-refractivity contribution in [2.24, 2.45) is 5.92 Å². The minimum absolute atomic E-state index is 0.118. The number of aromatic nitrogens is 1. The van der Waals surface area contributed by atoms with E-state index in [0.29, 0.717) is 29.0 Å². The summed E-state index contributed by atoms with van der Waals surface area (Å²) < 4.78 is 5.88. The van der Waals surface area contributed by atoms with Crippen molar-refractivity contribution in [3.63, 3.8) is 0 Å². The van der Waals surface area contributed by atoms with Gasteiger partial charge in [0.05, 0.1) is 6.10 Å². The molecule has 2 N–H and O–H groups in total. The molecule has 1 amide bonds. The average Bonchev–Trinajstić information content (AvgIpc) is 3.07. The first kappa shape index (κ1) is 18.6. The first-order valence-electron chi connectivity index (χ1n) is 9.85. The number of carbonyl (C=O) groups is 1. The SMILES string of the molecule is O=C(CC1CCCN(c2nc3ccc(Cl)cc3o2)C1)NC1CCC(O)CC1. The summed E-state index contributed by atoms with van der Waals surface area (Å²) in [4.78, 5) is 19.1. The fourth-order valence-corrected chi connectivity index (χ4v) is 4.36. The topological polar surface area (TPSA) is 78.6 Å². The van der Waals surface area contributed by atoms with Crippen LogP contribution in [0, 0.1) is 5.92 Å². The van der Waals surface area contributed by atoms with E-state index in [2.05, 4.69) is 15.2 Å². The Morgan fingerprint density at radius 3 is 2.93 bits per heavy atom. The number of hydrogen-bond acceptors (Lipinski definition) is 5. The summed E-state index contributed by atoms with van der Waals surface area (Å²) in [6.07, 6.45) is 5.70. The largest absolute Gasteiger partial charge is 0.423 e. The van der Waals surface area contributed by atoms with Crippen molar-refractivity contribution < 1.29 is 14.3 Å². The number of halogens is 1. The Balaban J connectivity index is 1.34. The predicted octanol–water partition coefficient (Wildman–Crippen LogP) is 3.51. The molecule has 2 aromatic rings. The second kappa shape index (κ2) is 8.07. The molecule has 1 atom stereocenters. The summed E-state index contributed by atoms with van der Waals surface area (Å²) in [6, 6.07) is 6.27. The molecule has 2 aliphatic rings. The zero-order valence-electron chi connectivity index (χ0n) is 15.4. The molecule has 2 fully saturated rings. The van der Waals surface area contributed by atoms with Gasteiger partial charge in [-0.25, -0.2) is 0 Å². The van der Waals surface area contributed by atoms with Gasteiger partial charge in [-0.05, 0) is 56.6 Å². The molecule has 146 valence electrons. The molecule has 6 nitrogen and oxygen atoms in total. The second-order valence-electron chi connectivity index (χ2n) is 7.84. The van der Waals surface area contributed by atoms with Gasteiger partial charge >= 0.3 is 0 Å². The number of nitrogens with zero attached hydrogens (tertiary/aromatic N) is 2. The number of rotatable bonds is 4. The summed E-state index contributed by atoms with van der Waals surface area (Å²) in [6.45, 7) is 1.66. The quantitative estimate of drug-likeness (QED) is 0.833. The minimum Gasteiger partial charge on any atom is -0.423 e. The highest BCUT2D eigenvalue weighted by Gasteiger charge is 2.27. The van der Waals surface area contributed by atoms with Crippen LogP contribution < -0.4 is 10.2 Å². The van der Waals surface area contributed by atoms with Gasteiger partial charge in [0, 0.05) is 36.6 Å². The molecule has 1 aliphatic carbocycles. The van der Waals surface area contributed by atoms with Gasteiger partial charge in [-0.3, -0.25) is 4.79 Å². The van der Waals surface area contributed by atoms with Crippen molar-refractivity contribution in [1.29, 1.82) is 0 Å². The zero-order chi connectivity index (χ0) is 18.8. The number of piperidine rings is 1. The number of anilines is 1. The molecule has 0 bridgehead atoms. The average molecular weight is 392 g/mol. The minimum atomic E-state index is -0.198. The summed E-state index contributed by atoms with van der Waals surface area (Å²) in [5.74, 6) is 0.416. The van der Waals surface area contributed by atoms with E-state index >= 15 is 0 Å². The third-order valence-corrected chi connectivity index (χ3v) is 5.90. The number of fused-ring (bicyclic) bond motifs is 1. The van der Waals surface area contributed by atoms with Gasteiger partial charge in [-0.2, -0.15) is 4.98 Å². The van der Waals surface area contributed by atoms with Crippen molar-refractivity contribution >= 4 is 34.6 Å². The normalized spacial score (nSPS) is 26.3. The van der Waals surface area contributed by atoms with Crippen LogP contribution in [0.25, 0.3) is 11.1 Å². The summed E-state index contributed by atoms with van der Waals surface area (Å²) in [7, 11) is 0. The highest BCUT2D eigenvalue weighted by Crippen LogP contribution is 2.29. The number of hydrogen-bond donors (Lipinski definition) is 2. The van der Waals surface area contributed by atoms with Crippen LogP contribution >= 0.6 is 11.6 Å². The molecule has 0 spiro atoms. The number of nitrogens with one attached hydrogen (secondary N) is 1. The van der Waals surface area contributed by atoms with E-state index in [0.717, 1.165) is 57.1 Å². The molecule has 27 heavy (non-hydrogen) atoms. The lowest BCUT2D eigenvalue weighted by molar-refractivity contribution is -0.123. The predicted molar refractivity (Wildman–Crippen MR) is 105 cm³/mol. The van der Waals surface area contributed by atoms with Crippen LogP contribution in [-0.2, 0) is 4.79 Å². The fourth-order valence-electron chi connectivity index (χ4n) is 4.20. The van der Waals surface area contributed by atoms with E-state index in [9.17, 15) is 9.90 Å². The Labute approximate surface area is 163 Å². The molecule has 4 rings (SSSR count). The number of aliphatic hydroxyl groups excluding tert-OH is 1. The lowest BCUT2D eigenvalue weighted by Gasteiger charge is -2.32. The Hall–Kier alpha value is -1.79. The summed E-state index contributed by atoms with van der Waals surface area (Å²) in [5, 5.41) is 13.4. The number of aliphatic hydroxyl groups is 1. The first-order valence-corrected chi connectivity index (χ1v) is 10.2. The summed E-state index contributed by atoms with van der Waals surface area (Å²) in [5.41, 5.74) is 1.49. The van der Waals surface area contributed by atoms with Crippen molar-refractivity contribution in [3.8, 4) is 0 Å². The Kier molecular flexibility index (Phi) is 5.55. The third-order valence-electron chi connectivity index (χ3n) is 5.66. The molecule has 1 saturated carbocycles. The third kappa shape index (κ3) is 4.55. The molecule has 1 aromatic heterocycles. The van der Waals surface area contributed by atoms with Crippen LogP contribution in [0.4, 0.5) is 6.01 Å². The number of carbonyl (C=O) groups excluding carboxylic acids is 1. The van der Waals surface area contributed by atoms with E-state index in [4.69, 9.17) is 16.0 Å². The fraction of sp³-hybridized carbons (Fsp3) is 0.600. The highest BCUT2D eigenvalue weighted by atomic mass is 35.5. The van der Waals surface area contributed by atoms with E-state index in [1.165, 1.54) is 0 Å². The van der Waals surface area contributed by atoms with Gasteiger partial charge in [-0.1, -0.05) is 11.6 Å². The molecule has 1 aliphatic heterocycles. The Morgan fingerprint density at radius 1 is 1.30 bits per heavy atom. The Bertz CT molecular complexity index is 801. The highest BCUT2D eigenvalue weighted by molar-refractivity contribution is 6.31. The van der Waals surface area contributed by atoms with E-state index in [1.54, 1.807) is 6.07 Å². The number of oxazole rings is 1. The van der Waals surface area contributed by atoms with Crippen molar-refractivity contribution in [1.82, 2.24) is 10.3 Å². The van der Waals surface area contributed by atoms with Gasteiger partial charge in [-0.15, -0.1) is 0 Å². The van der Waals surface area contributed by atoms with E-state index in [1.807, 2.05) is 12.1 Å².